The van der Waals surface area contributed by atoms with Gasteiger partial charge in [-0.25, -0.2) is 8.42 Å². The maximum Gasteiger partial charge on any atom is 0.322 e. The SMILES string of the molecule is CN[C@@H]1C[C@@H](C(=O)O)N(S(=O)(=O)c2cc[c]c(C)c2)C1. The van der Waals surface area contributed by atoms with Crippen molar-refractivity contribution in [2.24, 2.45) is 0 Å². The Morgan fingerprint density at radius 3 is 2.80 bits per heavy atom. The maximum absolute atomic E-state index is 12.6. The third-order valence-corrected chi connectivity index (χ3v) is 5.34. The molecule has 1 heterocycles. The minimum Gasteiger partial charge on any atom is -0.480 e. The van der Waals surface area contributed by atoms with E-state index in [1.165, 1.54) is 18.2 Å². The minimum atomic E-state index is -3.81. The van der Waals surface area contributed by atoms with Gasteiger partial charge in [0, 0.05) is 12.6 Å². The Morgan fingerprint density at radius 1 is 1.55 bits per heavy atom. The summed E-state index contributed by atoms with van der Waals surface area (Å²) in [7, 11) is -2.11. The van der Waals surface area contributed by atoms with E-state index in [2.05, 4.69) is 11.4 Å². The summed E-state index contributed by atoms with van der Waals surface area (Å²) < 4.78 is 26.2. The first-order valence-corrected chi connectivity index (χ1v) is 7.70. The van der Waals surface area contributed by atoms with E-state index in [0.717, 1.165) is 4.31 Å². The molecular formula is C13H17N2O4S. The second-order valence-electron chi connectivity index (χ2n) is 4.86. The fourth-order valence-corrected chi connectivity index (χ4v) is 4.08. The van der Waals surface area contributed by atoms with Crippen molar-refractivity contribution in [1.82, 2.24) is 9.62 Å². The van der Waals surface area contributed by atoms with E-state index >= 15 is 0 Å². The molecule has 0 amide bonds. The summed E-state index contributed by atoms with van der Waals surface area (Å²) in [5.41, 5.74) is 0.697. The molecule has 1 aliphatic rings. The lowest BCUT2D eigenvalue weighted by atomic mass is 10.2. The van der Waals surface area contributed by atoms with Gasteiger partial charge in [0.15, 0.2) is 0 Å². The number of likely N-dealkylation sites (N-methyl/N-ethyl adjacent to an activating group) is 1. The van der Waals surface area contributed by atoms with Crippen LogP contribution in [0.4, 0.5) is 0 Å². The number of benzene rings is 1. The smallest absolute Gasteiger partial charge is 0.322 e. The van der Waals surface area contributed by atoms with Gasteiger partial charge in [0.05, 0.1) is 4.90 Å². The van der Waals surface area contributed by atoms with Crippen molar-refractivity contribution in [2.75, 3.05) is 13.6 Å². The predicted molar refractivity (Wildman–Crippen MR) is 72.8 cm³/mol. The molecule has 6 nitrogen and oxygen atoms in total. The Bertz CT molecular complexity index is 615. The maximum atomic E-state index is 12.6. The molecule has 1 radical (unpaired) electrons. The molecule has 1 aromatic carbocycles. The van der Waals surface area contributed by atoms with Gasteiger partial charge in [-0.05, 0) is 44.2 Å². The topological polar surface area (TPSA) is 86.7 Å². The molecule has 2 N–H and O–H groups in total. The molecule has 2 atom stereocenters. The molecule has 1 aliphatic heterocycles. The molecule has 0 aromatic heterocycles. The summed E-state index contributed by atoms with van der Waals surface area (Å²) in [5.74, 6) is -1.12. The molecule has 109 valence electrons. The summed E-state index contributed by atoms with van der Waals surface area (Å²) >= 11 is 0. The van der Waals surface area contributed by atoms with Crippen LogP contribution in [0.25, 0.3) is 0 Å². The average molecular weight is 297 g/mol. The highest BCUT2D eigenvalue weighted by Gasteiger charge is 2.43. The highest BCUT2D eigenvalue weighted by atomic mass is 32.2. The number of nitrogens with zero attached hydrogens (tertiary/aromatic N) is 1. The van der Waals surface area contributed by atoms with E-state index in [4.69, 9.17) is 0 Å². The van der Waals surface area contributed by atoms with Crippen molar-refractivity contribution in [3.63, 3.8) is 0 Å². The van der Waals surface area contributed by atoms with Gasteiger partial charge in [-0.15, -0.1) is 0 Å². The quantitative estimate of drug-likeness (QED) is 0.831. The molecule has 2 rings (SSSR count). The lowest BCUT2D eigenvalue weighted by molar-refractivity contribution is -0.140. The number of sulfonamides is 1. The fraction of sp³-hybridized carbons (Fsp3) is 0.462. The first-order chi connectivity index (χ1) is 9.36. The van der Waals surface area contributed by atoms with Gasteiger partial charge in [0.2, 0.25) is 10.0 Å². The third kappa shape index (κ3) is 2.70. The van der Waals surface area contributed by atoms with E-state index in [9.17, 15) is 18.3 Å². The van der Waals surface area contributed by atoms with Crippen molar-refractivity contribution in [2.45, 2.75) is 30.3 Å². The highest BCUT2D eigenvalue weighted by molar-refractivity contribution is 7.89. The van der Waals surface area contributed by atoms with Crippen LogP contribution in [0.2, 0.25) is 0 Å². The molecule has 1 fully saturated rings. The normalized spacial score (nSPS) is 23.9. The zero-order valence-electron chi connectivity index (χ0n) is 11.3. The molecule has 0 spiro atoms. The van der Waals surface area contributed by atoms with Gasteiger partial charge in [-0.3, -0.25) is 4.79 Å². The van der Waals surface area contributed by atoms with Crippen molar-refractivity contribution in [3.8, 4) is 0 Å². The average Bonchev–Trinajstić information content (AvgIpc) is 2.83. The lowest BCUT2D eigenvalue weighted by Crippen LogP contribution is -2.40. The first kappa shape index (κ1) is 15.0. The Morgan fingerprint density at radius 2 is 2.25 bits per heavy atom. The van der Waals surface area contributed by atoms with E-state index in [1.807, 2.05) is 0 Å². The van der Waals surface area contributed by atoms with Crippen LogP contribution < -0.4 is 5.32 Å². The van der Waals surface area contributed by atoms with Crippen LogP contribution in [0.5, 0.6) is 0 Å². The van der Waals surface area contributed by atoms with Crippen LogP contribution in [-0.2, 0) is 14.8 Å². The molecule has 0 unspecified atom stereocenters. The number of carboxylic acids is 1. The van der Waals surface area contributed by atoms with E-state index < -0.39 is 22.0 Å². The number of aryl methyl sites for hydroxylation is 1. The monoisotopic (exact) mass is 297 g/mol. The van der Waals surface area contributed by atoms with Crippen LogP contribution >= 0.6 is 0 Å². The molecule has 20 heavy (non-hydrogen) atoms. The fourth-order valence-electron chi connectivity index (χ4n) is 2.36. The van der Waals surface area contributed by atoms with Gasteiger partial charge in [0.25, 0.3) is 0 Å². The second-order valence-corrected chi connectivity index (χ2v) is 6.75. The molecule has 7 heteroatoms. The first-order valence-electron chi connectivity index (χ1n) is 6.26. The van der Waals surface area contributed by atoms with Gasteiger partial charge < -0.3 is 10.4 Å². The summed E-state index contributed by atoms with van der Waals surface area (Å²) in [5, 5.41) is 12.2. The largest absolute Gasteiger partial charge is 0.480 e. The Hall–Kier alpha value is -1.44. The number of rotatable bonds is 4. The number of carboxylic acid groups (broad SMARTS) is 1. The van der Waals surface area contributed by atoms with Crippen molar-refractivity contribution < 1.29 is 18.3 Å². The zero-order valence-corrected chi connectivity index (χ0v) is 12.1. The van der Waals surface area contributed by atoms with Crippen molar-refractivity contribution in [3.05, 3.63) is 29.8 Å². The molecule has 0 aliphatic carbocycles. The van der Waals surface area contributed by atoms with Crippen LogP contribution in [0, 0.1) is 13.0 Å². The van der Waals surface area contributed by atoms with Crippen LogP contribution in [0.3, 0.4) is 0 Å². The van der Waals surface area contributed by atoms with Crippen LogP contribution in [-0.4, -0.2) is 49.5 Å². The molecule has 1 aromatic rings. The van der Waals surface area contributed by atoms with E-state index in [1.54, 1.807) is 14.0 Å². The second kappa shape index (κ2) is 5.51. The minimum absolute atomic E-state index is 0.108. The molecule has 1 saturated heterocycles. The summed E-state index contributed by atoms with van der Waals surface area (Å²) in [6.07, 6.45) is 0.267. The number of nitrogens with one attached hydrogen (secondary N) is 1. The Labute approximate surface area is 118 Å². The van der Waals surface area contributed by atoms with Crippen molar-refractivity contribution in [1.29, 1.82) is 0 Å². The number of hydrogen-bond acceptors (Lipinski definition) is 4. The highest BCUT2D eigenvalue weighted by Crippen LogP contribution is 2.26. The van der Waals surface area contributed by atoms with E-state index in [0.29, 0.717) is 5.56 Å². The van der Waals surface area contributed by atoms with Gasteiger partial charge >= 0.3 is 5.97 Å². The number of hydrogen-bond donors (Lipinski definition) is 2. The summed E-state index contributed by atoms with van der Waals surface area (Å²) in [6, 6.07) is 6.17. The van der Waals surface area contributed by atoms with Crippen LogP contribution in [0.1, 0.15) is 12.0 Å². The zero-order chi connectivity index (χ0) is 14.9. The lowest BCUT2D eigenvalue weighted by Gasteiger charge is -2.21. The van der Waals surface area contributed by atoms with Gasteiger partial charge in [-0.1, -0.05) is 6.07 Å². The number of carbonyl (C=O) groups is 1. The predicted octanol–water partition coefficient (Wildman–Crippen LogP) is 0.231. The number of aliphatic carboxylic acids is 1. The molecule has 0 bridgehead atoms. The summed E-state index contributed by atoms with van der Waals surface area (Å²) in [6.45, 7) is 1.90. The third-order valence-electron chi connectivity index (χ3n) is 3.47. The summed E-state index contributed by atoms with van der Waals surface area (Å²) in [4.78, 5) is 11.4. The van der Waals surface area contributed by atoms with Gasteiger partial charge in [0.1, 0.15) is 6.04 Å². The van der Waals surface area contributed by atoms with E-state index in [-0.39, 0.29) is 23.9 Å². The van der Waals surface area contributed by atoms with Crippen molar-refractivity contribution >= 4 is 16.0 Å². The molecular weight excluding hydrogens is 280 g/mol. The Kier molecular flexibility index (Phi) is 4.12. The standard InChI is InChI=1S/C13H17N2O4S/c1-9-4-3-5-11(6-9)20(18,19)15-8-10(14-2)7-12(15)13(16)17/h3,5-6,10,12,14H,7-8H2,1-2H3,(H,16,17)/t10-,12+/m1/s1. The molecule has 0 saturated carbocycles. The Balaban J connectivity index is 2.39. The van der Waals surface area contributed by atoms with Crippen LogP contribution in [0.15, 0.2) is 23.1 Å². The van der Waals surface area contributed by atoms with Gasteiger partial charge in [-0.2, -0.15) is 4.31 Å².